The first kappa shape index (κ1) is 8.31. The summed E-state index contributed by atoms with van der Waals surface area (Å²) in [4.78, 5) is 2.28. The average molecular weight is 164 g/mol. The van der Waals surface area contributed by atoms with E-state index in [2.05, 4.69) is 11.9 Å². The first-order chi connectivity index (χ1) is 4.27. The minimum Gasteiger partial charge on any atom is -0.391 e. The van der Waals surface area contributed by atoms with Gasteiger partial charge in [-0.1, -0.05) is 0 Å². The molecule has 2 aliphatic rings. The molecule has 1 N–H and O–H groups in total. The van der Waals surface area contributed by atoms with Gasteiger partial charge in [-0.2, -0.15) is 0 Å². The average Bonchev–Trinajstić information content (AvgIpc) is 2.22. The molecule has 1 aliphatic heterocycles. The van der Waals surface area contributed by atoms with Gasteiger partial charge >= 0.3 is 0 Å². The van der Waals surface area contributed by atoms with Crippen LogP contribution in [0, 0.1) is 5.92 Å². The van der Waals surface area contributed by atoms with Crippen molar-refractivity contribution in [3.8, 4) is 0 Å². The van der Waals surface area contributed by atoms with Crippen LogP contribution in [0.3, 0.4) is 0 Å². The summed E-state index contributed by atoms with van der Waals surface area (Å²) in [7, 11) is 2.10. The highest BCUT2D eigenvalue weighted by atomic mass is 35.5. The van der Waals surface area contributed by atoms with E-state index in [9.17, 15) is 5.11 Å². The molecule has 0 radical (unpaired) electrons. The molecule has 60 valence electrons. The van der Waals surface area contributed by atoms with E-state index in [1.807, 2.05) is 0 Å². The number of piperidine rings is 1. The van der Waals surface area contributed by atoms with Crippen molar-refractivity contribution >= 4 is 12.4 Å². The molecule has 0 aromatic carbocycles. The van der Waals surface area contributed by atoms with Gasteiger partial charge in [-0.05, 0) is 25.8 Å². The third-order valence-electron chi connectivity index (χ3n) is 2.71. The van der Waals surface area contributed by atoms with Crippen LogP contribution in [0.15, 0.2) is 0 Å². The van der Waals surface area contributed by atoms with Crippen molar-refractivity contribution in [2.45, 2.75) is 25.0 Å². The lowest BCUT2D eigenvalue weighted by Crippen LogP contribution is -2.37. The number of aliphatic hydroxyl groups excluding tert-OH is 1. The number of likely N-dealkylation sites (N-methyl/N-ethyl adjacent to an activating group) is 1. The molecule has 10 heavy (non-hydrogen) atoms. The van der Waals surface area contributed by atoms with E-state index in [0.717, 1.165) is 12.3 Å². The van der Waals surface area contributed by atoms with Gasteiger partial charge in [0.1, 0.15) is 0 Å². The van der Waals surface area contributed by atoms with Crippen molar-refractivity contribution in [3.05, 3.63) is 0 Å². The first-order valence-electron chi connectivity index (χ1n) is 3.65. The summed E-state index contributed by atoms with van der Waals surface area (Å²) in [6, 6.07) is 0.495. The molecule has 3 heteroatoms. The lowest BCUT2D eigenvalue weighted by molar-refractivity contribution is 0.0714. The van der Waals surface area contributed by atoms with Crippen LogP contribution in [0.5, 0.6) is 0 Å². The summed E-state index contributed by atoms with van der Waals surface area (Å²) < 4.78 is 0. The Morgan fingerprint density at radius 2 is 2.10 bits per heavy atom. The van der Waals surface area contributed by atoms with Gasteiger partial charge in [0.25, 0.3) is 0 Å². The lowest BCUT2D eigenvalue weighted by Gasteiger charge is -2.25. The van der Waals surface area contributed by atoms with Crippen molar-refractivity contribution in [2.24, 2.45) is 5.92 Å². The van der Waals surface area contributed by atoms with Gasteiger partial charge in [0.15, 0.2) is 0 Å². The highest BCUT2D eigenvalue weighted by Gasteiger charge is 2.41. The van der Waals surface area contributed by atoms with Crippen LogP contribution < -0.4 is 0 Å². The number of aliphatic hydroxyl groups is 1. The molecule has 0 unspecified atom stereocenters. The summed E-state index contributed by atoms with van der Waals surface area (Å²) in [5, 5.41) is 9.35. The minimum atomic E-state index is -0.0197. The van der Waals surface area contributed by atoms with Gasteiger partial charge < -0.3 is 10.0 Å². The summed E-state index contributed by atoms with van der Waals surface area (Å²) in [5.41, 5.74) is 0. The number of likely N-dealkylation sites (tertiary alicyclic amines) is 1. The zero-order chi connectivity index (χ0) is 6.43. The fourth-order valence-corrected chi connectivity index (χ4v) is 2.26. The molecule has 0 aromatic rings. The SMILES string of the molecule is CN1C[C@H]2C[C@@H](O)[C@@H]1C2.Cl. The zero-order valence-electron chi connectivity index (χ0n) is 6.16. The number of halogens is 1. The van der Waals surface area contributed by atoms with Crippen LogP contribution in [0.25, 0.3) is 0 Å². The fraction of sp³-hybridized carbons (Fsp3) is 1.00. The predicted octanol–water partition coefficient (Wildman–Crippen LogP) is 0.493. The Bertz CT molecular complexity index is 119. The van der Waals surface area contributed by atoms with E-state index in [0.29, 0.717) is 6.04 Å². The van der Waals surface area contributed by atoms with Crippen LogP contribution in [0.4, 0.5) is 0 Å². The molecule has 1 saturated carbocycles. The summed E-state index contributed by atoms with van der Waals surface area (Å²) in [6.45, 7) is 1.21. The van der Waals surface area contributed by atoms with Crippen molar-refractivity contribution in [1.82, 2.24) is 4.90 Å². The van der Waals surface area contributed by atoms with Gasteiger partial charge in [0.2, 0.25) is 0 Å². The lowest BCUT2D eigenvalue weighted by atomic mass is 10.1. The fourth-order valence-electron chi connectivity index (χ4n) is 2.26. The largest absolute Gasteiger partial charge is 0.391 e. The van der Waals surface area contributed by atoms with Crippen LogP contribution >= 0.6 is 12.4 Å². The zero-order valence-corrected chi connectivity index (χ0v) is 6.97. The molecular formula is C7H14ClNO. The van der Waals surface area contributed by atoms with Gasteiger partial charge in [0, 0.05) is 12.6 Å². The predicted molar refractivity (Wildman–Crippen MR) is 42.4 cm³/mol. The molecule has 1 aliphatic carbocycles. The topological polar surface area (TPSA) is 23.5 Å². The third kappa shape index (κ3) is 1.04. The monoisotopic (exact) mass is 163 g/mol. The highest BCUT2D eigenvalue weighted by molar-refractivity contribution is 5.85. The van der Waals surface area contributed by atoms with E-state index in [1.54, 1.807) is 0 Å². The van der Waals surface area contributed by atoms with Crippen LogP contribution in [-0.4, -0.2) is 35.7 Å². The summed E-state index contributed by atoms with van der Waals surface area (Å²) >= 11 is 0. The van der Waals surface area contributed by atoms with Gasteiger partial charge in [-0.15, -0.1) is 12.4 Å². The van der Waals surface area contributed by atoms with E-state index < -0.39 is 0 Å². The molecule has 1 heterocycles. The van der Waals surface area contributed by atoms with E-state index in [1.165, 1.54) is 13.0 Å². The van der Waals surface area contributed by atoms with Crippen LogP contribution in [-0.2, 0) is 0 Å². The molecule has 1 saturated heterocycles. The van der Waals surface area contributed by atoms with Crippen molar-refractivity contribution in [2.75, 3.05) is 13.6 Å². The number of hydrogen-bond donors (Lipinski definition) is 1. The molecule has 0 aromatic heterocycles. The Morgan fingerprint density at radius 1 is 1.40 bits per heavy atom. The Labute approximate surface area is 67.6 Å². The standard InChI is InChI=1S/C7H13NO.ClH/c1-8-4-5-2-6(8)7(9)3-5;/h5-7,9H,2-4H2,1H3;1H/t5-,6+,7-;/m1./s1. The van der Waals surface area contributed by atoms with E-state index >= 15 is 0 Å². The first-order valence-corrected chi connectivity index (χ1v) is 3.65. The molecule has 2 rings (SSSR count). The molecule has 2 bridgehead atoms. The second-order valence-electron chi connectivity index (χ2n) is 3.41. The maximum atomic E-state index is 9.35. The maximum Gasteiger partial charge on any atom is 0.0698 e. The second-order valence-corrected chi connectivity index (χ2v) is 3.41. The Hall–Kier alpha value is 0.210. The van der Waals surface area contributed by atoms with Crippen molar-refractivity contribution < 1.29 is 5.11 Å². The van der Waals surface area contributed by atoms with Crippen LogP contribution in [0.1, 0.15) is 12.8 Å². The second kappa shape index (κ2) is 2.68. The van der Waals surface area contributed by atoms with Crippen molar-refractivity contribution in [3.63, 3.8) is 0 Å². The minimum absolute atomic E-state index is 0. The normalized spacial score (nSPS) is 45.6. The molecular weight excluding hydrogens is 150 g/mol. The Morgan fingerprint density at radius 3 is 2.40 bits per heavy atom. The van der Waals surface area contributed by atoms with Crippen LogP contribution in [0.2, 0.25) is 0 Å². The smallest absolute Gasteiger partial charge is 0.0698 e. The molecule has 3 atom stereocenters. The molecule has 2 fully saturated rings. The van der Waals surface area contributed by atoms with Crippen molar-refractivity contribution in [1.29, 1.82) is 0 Å². The van der Waals surface area contributed by atoms with Gasteiger partial charge in [-0.3, -0.25) is 0 Å². The van der Waals surface area contributed by atoms with Gasteiger partial charge in [-0.25, -0.2) is 0 Å². The third-order valence-corrected chi connectivity index (χ3v) is 2.71. The quantitative estimate of drug-likeness (QED) is 0.562. The molecule has 0 amide bonds. The van der Waals surface area contributed by atoms with E-state index in [4.69, 9.17) is 0 Å². The number of hydrogen-bond acceptors (Lipinski definition) is 2. The maximum absolute atomic E-state index is 9.35. The number of rotatable bonds is 0. The van der Waals surface area contributed by atoms with Gasteiger partial charge in [0.05, 0.1) is 6.10 Å². The Kier molecular flexibility index (Phi) is 2.23. The molecule has 2 nitrogen and oxygen atoms in total. The number of fused-ring (bicyclic) bond motifs is 2. The summed E-state index contributed by atoms with van der Waals surface area (Å²) in [5.74, 6) is 0.801. The Balaban J connectivity index is 0.000000500. The van der Waals surface area contributed by atoms with E-state index in [-0.39, 0.29) is 18.5 Å². The number of nitrogens with zero attached hydrogens (tertiary/aromatic N) is 1. The molecule has 0 spiro atoms. The highest BCUT2D eigenvalue weighted by Crippen LogP contribution is 2.36. The summed E-state index contributed by atoms with van der Waals surface area (Å²) in [6.07, 6.45) is 2.26.